The molecule has 2 fully saturated rings. The van der Waals surface area contributed by atoms with Gasteiger partial charge in [0.05, 0.1) is 23.6 Å². The summed E-state index contributed by atoms with van der Waals surface area (Å²) in [4.78, 5) is 19.7. The predicted octanol–water partition coefficient (Wildman–Crippen LogP) is 6.91. The number of piperidine rings is 2. The Bertz CT molecular complexity index is 1210. The van der Waals surface area contributed by atoms with Crippen LogP contribution in [0, 0.1) is 0 Å². The number of rotatable bonds is 7. The molecule has 5 rings (SSSR count). The van der Waals surface area contributed by atoms with Crippen LogP contribution in [0.1, 0.15) is 77.9 Å². The van der Waals surface area contributed by atoms with E-state index >= 15 is 0 Å². The number of amides is 1. The summed E-state index contributed by atoms with van der Waals surface area (Å²) in [6.07, 6.45) is -1.45. The SMILES string of the molecule is CN(CC(c1ccc2c(c1)CCC2)N1CCC(N2CCCCC2)CC1)C(=O)Cc1cc(C(F)(F)F)cc(C(F)(F)F)c1. The summed E-state index contributed by atoms with van der Waals surface area (Å²) >= 11 is 0. The second-order valence-electron chi connectivity index (χ2n) is 12.1. The molecular formula is C32H39F6N3O. The molecule has 2 aliphatic heterocycles. The van der Waals surface area contributed by atoms with E-state index in [1.807, 2.05) is 0 Å². The number of alkyl halides is 6. The summed E-state index contributed by atoms with van der Waals surface area (Å²) in [5, 5.41) is 0. The van der Waals surface area contributed by atoms with E-state index < -0.39 is 35.8 Å². The Morgan fingerprint density at radius 2 is 1.45 bits per heavy atom. The molecule has 0 aromatic heterocycles. The normalized spacial score (nSPS) is 20.0. The lowest BCUT2D eigenvalue weighted by atomic mass is 9.95. The molecule has 0 saturated carbocycles. The molecule has 0 spiro atoms. The molecule has 1 aliphatic carbocycles. The fraction of sp³-hybridized carbons (Fsp3) is 0.594. The zero-order chi connectivity index (χ0) is 30.1. The summed E-state index contributed by atoms with van der Waals surface area (Å²) < 4.78 is 80.2. The minimum Gasteiger partial charge on any atom is -0.344 e. The van der Waals surface area contributed by atoms with Crippen molar-refractivity contribution in [3.8, 4) is 0 Å². The Balaban J connectivity index is 1.33. The van der Waals surface area contributed by atoms with Gasteiger partial charge in [0.15, 0.2) is 0 Å². The van der Waals surface area contributed by atoms with Gasteiger partial charge in [0.25, 0.3) is 0 Å². The van der Waals surface area contributed by atoms with Crippen molar-refractivity contribution in [2.24, 2.45) is 0 Å². The van der Waals surface area contributed by atoms with E-state index in [2.05, 4.69) is 28.0 Å². The summed E-state index contributed by atoms with van der Waals surface area (Å²) in [5.74, 6) is -0.517. The molecule has 1 unspecified atom stereocenters. The van der Waals surface area contributed by atoms with Crippen LogP contribution >= 0.6 is 0 Å². The maximum absolute atomic E-state index is 13.4. The summed E-state index contributed by atoms with van der Waals surface area (Å²) in [7, 11) is 1.58. The van der Waals surface area contributed by atoms with Gasteiger partial charge in [-0.15, -0.1) is 0 Å². The standard InChI is InChI=1S/C32H39F6N3O/c1-39(30(42)18-22-16-26(31(33,34)35)20-27(17-22)32(36,37)38)21-29(25-9-8-23-6-5-7-24(23)19-25)41-14-10-28(11-15-41)40-12-3-2-4-13-40/h8-9,16-17,19-20,28-29H,2-7,10-15,18,21H2,1H3. The topological polar surface area (TPSA) is 26.8 Å². The number of aryl methyl sites for hydroxylation is 2. The minimum absolute atomic E-state index is 0.0923. The fourth-order valence-corrected chi connectivity index (χ4v) is 6.87. The van der Waals surface area contributed by atoms with Crippen molar-refractivity contribution in [1.82, 2.24) is 14.7 Å². The molecule has 230 valence electrons. The number of likely N-dealkylation sites (tertiary alicyclic amines) is 2. The van der Waals surface area contributed by atoms with Crippen molar-refractivity contribution < 1.29 is 31.1 Å². The van der Waals surface area contributed by atoms with E-state index in [-0.39, 0.29) is 17.7 Å². The van der Waals surface area contributed by atoms with E-state index in [1.54, 1.807) is 7.05 Å². The van der Waals surface area contributed by atoms with Gasteiger partial charge in [0.2, 0.25) is 5.91 Å². The number of likely N-dealkylation sites (N-methyl/N-ethyl adjacent to an activating group) is 1. The van der Waals surface area contributed by atoms with Gasteiger partial charge in [0, 0.05) is 32.7 Å². The quantitative estimate of drug-likeness (QED) is 0.326. The number of hydrogen-bond acceptors (Lipinski definition) is 3. The van der Waals surface area contributed by atoms with Gasteiger partial charge in [0.1, 0.15) is 0 Å². The number of fused-ring (bicyclic) bond motifs is 1. The lowest BCUT2D eigenvalue weighted by Crippen LogP contribution is -2.49. The maximum atomic E-state index is 13.4. The molecule has 0 bridgehead atoms. The molecular weight excluding hydrogens is 556 g/mol. The largest absolute Gasteiger partial charge is 0.416 e. The van der Waals surface area contributed by atoms with Gasteiger partial charge in [-0.05, 0) is 98.5 Å². The van der Waals surface area contributed by atoms with Crippen molar-refractivity contribution in [3.63, 3.8) is 0 Å². The smallest absolute Gasteiger partial charge is 0.344 e. The van der Waals surface area contributed by atoms with Gasteiger partial charge < -0.3 is 9.80 Å². The highest BCUT2D eigenvalue weighted by atomic mass is 19.4. The second kappa shape index (κ2) is 12.6. The van der Waals surface area contributed by atoms with Gasteiger partial charge >= 0.3 is 12.4 Å². The number of nitrogens with zero attached hydrogens (tertiary/aromatic N) is 3. The van der Waals surface area contributed by atoms with Crippen molar-refractivity contribution in [1.29, 1.82) is 0 Å². The van der Waals surface area contributed by atoms with Crippen LogP contribution in [0.4, 0.5) is 26.3 Å². The molecule has 1 atom stereocenters. The Labute approximate surface area is 243 Å². The zero-order valence-electron chi connectivity index (χ0n) is 24.0. The van der Waals surface area contributed by atoms with Crippen LogP contribution in [-0.4, -0.2) is 66.4 Å². The number of carbonyl (C=O) groups excluding carboxylic acids is 1. The van der Waals surface area contributed by atoms with Crippen molar-refractivity contribution in [2.45, 2.75) is 82.2 Å². The van der Waals surface area contributed by atoms with Gasteiger partial charge in [-0.2, -0.15) is 26.3 Å². The lowest BCUT2D eigenvalue weighted by Gasteiger charge is -2.43. The van der Waals surface area contributed by atoms with Crippen LogP contribution in [0.15, 0.2) is 36.4 Å². The highest BCUT2D eigenvalue weighted by Crippen LogP contribution is 2.37. The van der Waals surface area contributed by atoms with Crippen molar-refractivity contribution in [3.05, 3.63) is 69.8 Å². The molecule has 2 heterocycles. The highest BCUT2D eigenvalue weighted by Gasteiger charge is 2.37. The molecule has 3 aliphatic rings. The molecule has 2 aromatic rings. The summed E-state index contributed by atoms with van der Waals surface area (Å²) in [6, 6.07) is 8.32. The Morgan fingerprint density at radius 1 is 0.833 bits per heavy atom. The van der Waals surface area contributed by atoms with Gasteiger partial charge in [-0.25, -0.2) is 0 Å². The summed E-state index contributed by atoms with van der Waals surface area (Å²) in [6.45, 7) is 4.32. The number of carbonyl (C=O) groups is 1. The third-order valence-corrected chi connectivity index (χ3v) is 9.23. The molecule has 0 radical (unpaired) electrons. The first kappa shape index (κ1) is 30.9. The highest BCUT2D eigenvalue weighted by molar-refractivity contribution is 5.78. The first-order valence-electron chi connectivity index (χ1n) is 15.0. The van der Waals surface area contributed by atoms with Gasteiger partial charge in [-0.3, -0.25) is 9.69 Å². The molecule has 2 saturated heterocycles. The van der Waals surface area contributed by atoms with E-state index in [1.165, 1.54) is 35.3 Å². The molecule has 42 heavy (non-hydrogen) atoms. The maximum Gasteiger partial charge on any atom is 0.416 e. The fourth-order valence-electron chi connectivity index (χ4n) is 6.87. The van der Waals surface area contributed by atoms with Crippen LogP contribution in [0.25, 0.3) is 0 Å². The zero-order valence-corrected chi connectivity index (χ0v) is 24.0. The average Bonchev–Trinajstić information content (AvgIpc) is 3.43. The van der Waals surface area contributed by atoms with Crippen LogP contribution in [0.2, 0.25) is 0 Å². The lowest BCUT2D eigenvalue weighted by molar-refractivity contribution is -0.143. The molecule has 4 nitrogen and oxygen atoms in total. The van der Waals surface area contributed by atoms with E-state index in [9.17, 15) is 31.1 Å². The monoisotopic (exact) mass is 595 g/mol. The van der Waals surface area contributed by atoms with Gasteiger partial charge in [-0.1, -0.05) is 24.6 Å². The predicted molar refractivity (Wildman–Crippen MR) is 149 cm³/mol. The Morgan fingerprint density at radius 3 is 2.07 bits per heavy atom. The first-order chi connectivity index (χ1) is 19.9. The molecule has 0 N–H and O–H groups in total. The van der Waals surface area contributed by atoms with Crippen LogP contribution < -0.4 is 0 Å². The molecule has 1 amide bonds. The van der Waals surface area contributed by atoms with E-state index in [0.29, 0.717) is 24.7 Å². The second-order valence-corrected chi connectivity index (χ2v) is 12.1. The Hall–Kier alpha value is -2.59. The molecule has 2 aromatic carbocycles. The summed E-state index contributed by atoms with van der Waals surface area (Å²) in [5.41, 5.74) is 0.649. The number of benzene rings is 2. The first-order valence-corrected chi connectivity index (χ1v) is 15.0. The van der Waals surface area contributed by atoms with E-state index in [4.69, 9.17) is 0 Å². The van der Waals surface area contributed by atoms with Crippen LogP contribution in [-0.2, 0) is 36.4 Å². The van der Waals surface area contributed by atoms with Crippen LogP contribution in [0.5, 0.6) is 0 Å². The average molecular weight is 596 g/mol. The van der Waals surface area contributed by atoms with Crippen molar-refractivity contribution >= 4 is 5.91 Å². The minimum atomic E-state index is -4.95. The van der Waals surface area contributed by atoms with Crippen molar-refractivity contribution in [2.75, 3.05) is 39.8 Å². The Kier molecular flexibility index (Phi) is 9.23. The third kappa shape index (κ3) is 7.30. The van der Waals surface area contributed by atoms with E-state index in [0.717, 1.165) is 63.8 Å². The number of halogens is 6. The van der Waals surface area contributed by atoms with Crippen LogP contribution in [0.3, 0.4) is 0 Å². The third-order valence-electron chi connectivity index (χ3n) is 9.23. The molecule has 10 heteroatoms. The number of hydrogen-bond donors (Lipinski definition) is 0.